The number of hydrogen-bond donors (Lipinski definition) is 0. The fourth-order valence-electron chi connectivity index (χ4n) is 3.34. The Bertz CT molecular complexity index is 999. The molecule has 28 heavy (non-hydrogen) atoms. The van der Waals surface area contributed by atoms with Gasteiger partial charge in [0.15, 0.2) is 6.10 Å². The summed E-state index contributed by atoms with van der Waals surface area (Å²) in [5.74, 6) is 1.32. The molecule has 8 nitrogen and oxygen atoms in total. The molecular weight excluding hydrogens is 363 g/mol. The summed E-state index contributed by atoms with van der Waals surface area (Å²) in [6.07, 6.45) is 0.801. The van der Waals surface area contributed by atoms with Gasteiger partial charge < -0.3 is 14.5 Å². The predicted molar refractivity (Wildman–Crippen MR) is 101 cm³/mol. The van der Waals surface area contributed by atoms with Gasteiger partial charge in [-0.05, 0) is 26.0 Å². The smallest absolute Gasteiger partial charge is 0.263 e. The van der Waals surface area contributed by atoms with E-state index in [0.29, 0.717) is 37.7 Å². The number of piperazine rings is 1. The van der Waals surface area contributed by atoms with Crippen LogP contribution in [0.5, 0.6) is 5.75 Å². The molecule has 1 amide bonds. The molecule has 3 aromatic rings. The third-order valence-corrected chi connectivity index (χ3v) is 4.73. The fraction of sp³-hybridized carbons (Fsp3) is 0.368. The molecule has 1 aliphatic rings. The van der Waals surface area contributed by atoms with Crippen molar-refractivity contribution in [2.24, 2.45) is 0 Å². The Hall–Kier alpha value is -3.23. The van der Waals surface area contributed by atoms with Crippen molar-refractivity contribution in [1.29, 1.82) is 0 Å². The first-order valence-electron chi connectivity index (χ1n) is 9.14. The standard InChI is InChI=1S/C19H21FN6O2/c1-13-10-17(26-19(23-13)21-12-22-26)24-6-8-25(9-7-24)18(27)14(2)28-16-5-3-4-15(20)11-16/h3-5,10-12,14H,6-9H2,1-2H3. The van der Waals surface area contributed by atoms with E-state index in [4.69, 9.17) is 4.74 Å². The molecule has 2 aromatic heterocycles. The summed E-state index contributed by atoms with van der Waals surface area (Å²) in [4.78, 5) is 25.2. The van der Waals surface area contributed by atoms with Crippen LogP contribution in [0.1, 0.15) is 12.6 Å². The molecule has 4 rings (SSSR count). The second-order valence-corrected chi connectivity index (χ2v) is 6.76. The number of amides is 1. The molecule has 0 aliphatic carbocycles. The third-order valence-electron chi connectivity index (χ3n) is 4.73. The van der Waals surface area contributed by atoms with Gasteiger partial charge >= 0.3 is 0 Å². The van der Waals surface area contributed by atoms with Crippen molar-refractivity contribution in [1.82, 2.24) is 24.5 Å². The average molecular weight is 384 g/mol. The second-order valence-electron chi connectivity index (χ2n) is 6.76. The molecule has 0 N–H and O–H groups in total. The minimum Gasteiger partial charge on any atom is -0.481 e. The van der Waals surface area contributed by atoms with E-state index in [2.05, 4.69) is 20.0 Å². The van der Waals surface area contributed by atoms with E-state index in [1.54, 1.807) is 28.5 Å². The number of aromatic nitrogens is 4. The van der Waals surface area contributed by atoms with Gasteiger partial charge in [0.1, 0.15) is 23.7 Å². The van der Waals surface area contributed by atoms with Gasteiger partial charge in [-0.2, -0.15) is 14.6 Å². The topological polar surface area (TPSA) is 75.9 Å². The SMILES string of the molecule is Cc1cc(N2CCN(C(=O)C(C)Oc3cccc(F)c3)CC2)n2ncnc2n1. The predicted octanol–water partition coefficient (Wildman–Crippen LogP) is 1.69. The second kappa shape index (κ2) is 7.41. The monoisotopic (exact) mass is 384 g/mol. The lowest BCUT2D eigenvalue weighted by Gasteiger charge is -2.36. The summed E-state index contributed by atoms with van der Waals surface area (Å²) >= 11 is 0. The number of carbonyl (C=O) groups is 1. The summed E-state index contributed by atoms with van der Waals surface area (Å²) < 4.78 is 20.6. The van der Waals surface area contributed by atoms with E-state index in [1.807, 2.05) is 13.0 Å². The number of ether oxygens (including phenoxy) is 1. The minimum atomic E-state index is -0.682. The van der Waals surface area contributed by atoms with Gasteiger partial charge in [-0.1, -0.05) is 6.07 Å². The van der Waals surface area contributed by atoms with E-state index in [0.717, 1.165) is 11.5 Å². The number of fused-ring (bicyclic) bond motifs is 1. The molecule has 0 spiro atoms. The van der Waals surface area contributed by atoms with Crippen molar-refractivity contribution in [2.45, 2.75) is 20.0 Å². The van der Waals surface area contributed by atoms with E-state index >= 15 is 0 Å². The largest absolute Gasteiger partial charge is 0.481 e. The lowest BCUT2D eigenvalue weighted by Crippen LogP contribution is -2.52. The van der Waals surface area contributed by atoms with Gasteiger partial charge in [-0.15, -0.1) is 0 Å². The first-order chi connectivity index (χ1) is 13.5. The first kappa shape index (κ1) is 18.1. The normalized spacial score (nSPS) is 15.7. The van der Waals surface area contributed by atoms with Crippen LogP contribution in [-0.2, 0) is 4.79 Å². The summed E-state index contributed by atoms with van der Waals surface area (Å²) in [6.45, 7) is 6.06. The molecule has 1 aliphatic heterocycles. The molecule has 146 valence electrons. The van der Waals surface area contributed by atoms with Crippen LogP contribution in [0, 0.1) is 12.7 Å². The highest BCUT2D eigenvalue weighted by atomic mass is 19.1. The van der Waals surface area contributed by atoms with Crippen molar-refractivity contribution in [2.75, 3.05) is 31.1 Å². The first-order valence-corrected chi connectivity index (χ1v) is 9.14. The van der Waals surface area contributed by atoms with Crippen LogP contribution in [0.15, 0.2) is 36.7 Å². The highest BCUT2D eigenvalue weighted by Gasteiger charge is 2.27. The Morgan fingerprint density at radius 3 is 2.75 bits per heavy atom. The van der Waals surface area contributed by atoms with E-state index in [-0.39, 0.29) is 5.91 Å². The molecule has 9 heteroatoms. The quantitative estimate of drug-likeness (QED) is 0.681. The Kier molecular flexibility index (Phi) is 4.81. The number of rotatable bonds is 4. The molecule has 1 saturated heterocycles. The van der Waals surface area contributed by atoms with Gasteiger partial charge in [0.2, 0.25) is 0 Å². The maximum Gasteiger partial charge on any atom is 0.263 e. The number of nitrogens with zero attached hydrogens (tertiary/aromatic N) is 6. The van der Waals surface area contributed by atoms with Gasteiger partial charge in [-0.3, -0.25) is 4.79 Å². The zero-order chi connectivity index (χ0) is 19.7. The van der Waals surface area contributed by atoms with E-state index < -0.39 is 11.9 Å². The number of aryl methyl sites for hydroxylation is 1. The molecule has 0 saturated carbocycles. The van der Waals surface area contributed by atoms with Gasteiger partial charge in [-0.25, -0.2) is 9.37 Å². The number of benzene rings is 1. The molecule has 1 aromatic carbocycles. The van der Waals surface area contributed by atoms with Gasteiger partial charge in [0, 0.05) is 44.0 Å². The number of anilines is 1. The molecule has 1 atom stereocenters. The Morgan fingerprint density at radius 1 is 1.21 bits per heavy atom. The lowest BCUT2D eigenvalue weighted by molar-refractivity contribution is -0.138. The number of carbonyl (C=O) groups excluding carboxylic acids is 1. The Balaban J connectivity index is 1.40. The molecule has 0 bridgehead atoms. The van der Waals surface area contributed by atoms with Gasteiger partial charge in [0.05, 0.1) is 0 Å². The highest BCUT2D eigenvalue weighted by molar-refractivity contribution is 5.81. The molecular formula is C19H21FN6O2. The van der Waals surface area contributed by atoms with Crippen LogP contribution >= 0.6 is 0 Å². The zero-order valence-corrected chi connectivity index (χ0v) is 15.7. The van der Waals surface area contributed by atoms with Gasteiger partial charge in [0.25, 0.3) is 11.7 Å². The average Bonchev–Trinajstić information content (AvgIpc) is 3.15. The lowest BCUT2D eigenvalue weighted by atomic mass is 10.2. The maximum atomic E-state index is 13.3. The van der Waals surface area contributed by atoms with E-state index in [9.17, 15) is 9.18 Å². The maximum absolute atomic E-state index is 13.3. The molecule has 1 unspecified atom stereocenters. The molecule has 1 fully saturated rings. The van der Waals surface area contributed by atoms with Crippen molar-refractivity contribution in [3.63, 3.8) is 0 Å². The van der Waals surface area contributed by atoms with Crippen LogP contribution in [-0.4, -0.2) is 62.7 Å². The third kappa shape index (κ3) is 3.60. The van der Waals surface area contributed by atoms with Crippen molar-refractivity contribution in [3.8, 4) is 5.75 Å². The summed E-state index contributed by atoms with van der Waals surface area (Å²) in [5.41, 5.74) is 0.867. The van der Waals surface area contributed by atoms with Crippen LogP contribution in [0.2, 0.25) is 0 Å². The highest BCUT2D eigenvalue weighted by Crippen LogP contribution is 2.19. The Morgan fingerprint density at radius 2 is 2.00 bits per heavy atom. The number of hydrogen-bond acceptors (Lipinski definition) is 6. The zero-order valence-electron chi connectivity index (χ0n) is 15.7. The summed E-state index contributed by atoms with van der Waals surface area (Å²) in [7, 11) is 0. The van der Waals surface area contributed by atoms with Crippen LogP contribution in [0.4, 0.5) is 10.2 Å². The Labute approximate surface area is 161 Å². The van der Waals surface area contributed by atoms with Crippen molar-refractivity contribution < 1.29 is 13.9 Å². The van der Waals surface area contributed by atoms with Crippen LogP contribution in [0.25, 0.3) is 5.78 Å². The van der Waals surface area contributed by atoms with Crippen LogP contribution in [0.3, 0.4) is 0 Å². The van der Waals surface area contributed by atoms with Crippen molar-refractivity contribution in [3.05, 3.63) is 48.2 Å². The van der Waals surface area contributed by atoms with Crippen molar-refractivity contribution >= 4 is 17.5 Å². The summed E-state index contributed by atoms with van der Waals surface area (Å²) in [5, 5.41) is 4.24. The molecule has 0 radical (unpaired) electrons. The van der Waals surface area contributed by atoms with E-state index in [1.165, 1.54) is 18.5 Å². The minimum absolute atomic E-state index is 0.110. The number of halogens is 1. The fourth-order valence-corrected chi connectivity index (χ4v) is 3.34. The summed E-state index contributed by atoms with van der Waals surface area (Å²) in [6, 6.07) is 7.78. The van der Waals surface area contributed by atoms with Crippen LogP contribution < -0.4 is 9.64 Å². The molecule has 3 heterocycles.